The summed E-state index contributed by atoms with van der Waals surface area (Å²) in [6.45, 7) is 1.76. The lowest BCUT2D eigenvalue weighted by Crippen LogP contribution is -2.37. The molecule has 2 N–H and O–H groups in total. The molecule has 1 saturated carbocycles. The van der Waals surface area contributed by atoms with Crippen LogP contribution >= 0.6 is 0 Å². The summed E-state index contributed by atoms with van der Waals surface area (Å²) in [5.41, 5.74) is -0.259. The van der Waals surface area contributed by atoms with E-state index in [4.69, 9.17) is 5.11 Å². The number of halogens is 1. The van der Waals surface area contributed by atoms with Gasteiger partial charge in [-0.3, -0.25) is 0 Å². The molecule has 0 aliphatic heterocycles. The second-order valence-electron chi connectivity index (χ2n) is 5.40. The molecule has 0 radical (unpaired) electrons. The van der Waals surface area contributed by atoms with E-state index in [1.807, 2.05) is 0 Å². The first-order valence-corrected chi connectivity index (χ1v) is 8.35. The van der Waals surface area contributed by atoms with Gasteiger partial charge in [-0.05, 0) is 43.9 Å². The van der Waals surface area contributed by atoms with Gasteiger partial charge < -0.3 is 5.11 Å². The summed E-state index contributed by atoms with van der Waals surface area (Å²) in [5.74, 6) is -2.01. The van der Waals surface area contributed by atoms with Crippen LogP contribution < -0.4 is 4.72 Å². The van der Waals surface area contributed by atoms with E-state index in [-0.39, 0.29) is 17.5 Å². The maximum Gasteiger partial charge on any atom is 0.335 e. The van der Waals surface area contributed by atoms with Gasteiger partial charge in [0.05, 0.1) is 5.56 Å². The summed E-state index contributed by atoms with van der Waals surface area (Å²) in [6, 6.07) is 2.45. The van der Waals surface area contributed by atoms with Gasteiger partial charge in [0.2, 0.25) is 10.0 Å². The average Bonchev–Trinajstić information content (AvgIpc) is 2.92. The van der Waals surface area contributed by atoms with Crippen molar-refractivity contribution >= 4 is 16.0 Å². The van der Waals surface area contributed by atoms with Crippen molar-refractivity contribution in [1.29, 1.82) is 0 Å². The van der Waals surface area contributed by atoms with Gasteiger partial charge in [0.1, 0.15) is 10.7 Å². The van der Waals surface area contributed by atoms with E-state index < -0.39 is 26.7 Å². The molecule has 0 saturated heterocycles. The summed E-state index contributed by atoms with van der Waals surface area (Å²) < 4.78 is 40.7. The van der Waals surface area contributed by atoms with Crippen molar-refractivity contribution in [2.24, 2.45) is 5.92 Å². The Balaban J connectivity index is 2.26. The highest BCUT2D eigenvalue weighted by atomic mass is 32.2. The molecule has 2 rings (SSSR count). The lowest BCUT2D eigenvalue weighted by atomic mass is 10.0. The normalized spacial score (nSPS) is 17.8. The Hall–Kier alpha value is -1.47. The van der Waals surface area contributed by atoms with Crippen LogP contribution in [0.25, 0.3) is 0 Å². The zero-order valence-corrected chi connectivity index (χ0v) is 12.5. The summed E-state index contributed by atoms with van der Waals surface area (Å²) >= 11 is 0. The first kappa shape index (κ1) is 15.9. The number of benzene rings is 1. The largest absolute Gasteiger partial charge is 0.478 e. The Morgan fingerprint density at radius 2 is 2.00 bits per heavy atom. The van der Waals surface area contributed by atoms with Crippen LogP contribution in [0.4, 0.5) is 4.39 Å². The zero-order valence-electron chi connectivity index (χ0n) is 11.7. The van der Waals surface area contributed by atoms with Gasteiger partial charge in [-0.25, -0.2) is 22.3 Å². The lowest BCUT2D eigenvalue weighted by Gasteiger charge is -2.20. The highest BCUT2D eigenvalue weighted by molar-refractivity contribution is 7.89. The molecule has 0 spiro atoms. The van der Waals surface area contributed by atoms with Crippen LogP contribution in [0, 0.1) is 11.7 Å². The number of carboxylic acids is 1. The maximum absolute atomic E-state index is 13.7. The zero-order chi connectivity index (χ0) is 15.6. The van der Waals surface area contributed by atoms with Crippen LogP contribution in [-0.4, -0.2) is 25.5 Å². The van der Waals surface area contributed by atoms with Crippen LogP contribution in [0.2, 0.25) is 0 Å². The number of carbonyl (C=O) groups is 1. The van der Waals surface area contributed by atoms with Gasteiger partial charge in [0.15, 0.2) is 0 Å². The fourth-order valence-electron chi connectivity index (χ4n) is 2.70. The molecule has 1 aromatic rings. The topological polar surface area (TPSA) is 83.5 Å². The molecule has 1 aliphatic rings. The molecule has 116 valence electrons. The first-order valence-electron chi connectivity index (χ1n) is 6.86. The number of hydrogen-bond donors (Lipinski definition) is 2. The van der Waals surface area contributed by atoms with Crippen LogP contribution in [0.5, 0.6) is 0 Å². The molecule has 0 amide bonds. The third-order valence-corrected chi connectivity index (χ3v) is 5.49. The number of hydrogen-bond acceptors (Lipinski definition) is 3. The molecule has 1 atom stereocenters. The Morgan fingerprint density at radius 1 is 1.38 bits per heavy atom. The van der Waals surface area contributed by atoms with E-state index in [1.54, 1.807) is 6.92 Å². The van der Waals surface area contributed by atoms with Crippen molar-refractivity contribution in [3.8, 4) is 0 Å². The van der Waals surface area contributed by atoms with E-state index >= 15 is 0 Å². The molecule has 1 fully saturated rings. The third-order valence-electron chi connectivity index (χ3n) is 3.92. The highest BCUT2D eigenvalue weighted by Crippen LogP contribution is 2.28. The van der Waals surface area contributed by atoms with Crippen molar-refractivity contribution in [3.63, 3.8) is 0 Å². The average molecular weight is 315 g/mol. The van der Waals surface area contributed by atoms with Crippen molar-refractivity contribution < 1.29 is 22.7 Å². The summed E-state index contributed by atoms with van der Waals surface area (Å²) in [4.78, 5) is 10.3. The number of nitrogens with one attached hydrogen (secondary N) is 1. The number of carboxylic acid groups (broad SMARTS) is 1. The highest BCUT2D eigenvalue weighted by Gasteiger charge is 2.28. The molecular weight excluding hydrogens is 297 g/mol. The predicted molar refractivity (Wildman–Crippen MR) is 75.1 cm³/mol. The fraction of sp³-hybridized carbons (Fsp3) is 0.500. The van der Waals surface area contributed by atoms with Crippen LogP contribution in [0.15, 0.2) is 23.1 Å². The first-order chi connectivity index (χ1) is 9.81. The van der Waals surface area contributed by atoms with Gasteiger partial charge in [-0.2, -0.15) is 0 Å². The maximum atomic E-state index is 13.7. The molecule has 0 aromatic heterocycles. The minimum absolute atomic E-state index is 0.241. The van der Waals surface area contributed by atoms with Crippen molar-refractivity contribution in [2.45, 2.75) is 43.5 Å². The van der Waals surface area contributed by atoms with E-state index in [1.165, 1.54) is 0 Å². The van der Waals surface area contributed by atoms with E-state index in [0.29, 0.717) is 0 Å². The second-order valence-corrected chi connectivity index (χ2v) is 7.09. The molecule has 1 aromatic carbocycles. The minimum atomic E-state index is -4.07. The van der Waals surface area contributed by atoms with E-state index in [9.17, 15) is 17.6 Å². The van der Waals surface area contributed by atoms with Gasteiger partial charge >= 0.3 is 5.97 Å². The molecule has 1 unspecified atom stereocenters. The molecule has 0 heterocycles. The number of sulfonamides is 1. The predicted octanol–water partition coefficient (Wildman–Crippen LogP) is 2.38. The second kappa shape index (κ2) is 6.11. The Kier molecular flexibility index (Phi) is 4.63. The smallest absolute Gasteiger partial charge is 0.335 e. The van der Waals surface area contributed by atoms with Crippen LogP contribution in [0.1, 0.15) is 43.0 Å². The number of rotatable bonds is 5. The molecule has 0 bridgehead atoms. The monoisotopic (exact) mass is 315 g/mol. The van der Waals surface area contributed by atoms with Crippen LogP contribution in [0.3, 0.4) is 0 Å². The SMILES string of the molecule is CC(NS(=O)(=O)c1cc(C(=O)O)ccc1F)C1CCCC1. The fourth-order valence-corrected chi connectivity index (χ4v) is 4.12. The standard InChI is InChI=1S/C14H18FNO4S/c1-9(10-4-2-3-5-10)16-21(19,20)13-8-11(14(17)18)6-7-12(13)15/h6-10,16H,2-5H2,1H3,(H,17,18). The molecular formula is C14H18FNO4S. The minimum Gasteiger partial charge on any atom is -0.478 e. The summed E-state index contributed by atoms with van der Waals surface area (Å²) in [7, 11) is -4.07. The van der Waals surface area contributed by atoms with Crippen molar-refractivity contribution in [3.05, 3.63) is 29.6 Å². The van der Waals surface area contributed by atoms with Gasteiger partial charge in [-0.15, -0.1) is 0 Å². The Bertz CT molecular complexity index is 638. The molecule has 5 nitrogen and oxygen atoms in total. The third kappa shape index (κ3) is 3.59. The molecule has 1 aliphatic carbocycles. The Labute approximate surface area is 123 Å². The lowest BCUT2D eigenvalue weighted by molar-refractivity contribution is 0.0696. The number of aromatic carboxylic acids is 1. The quantitative estimate of drug-likeness (QED) is 0.874. The summed E-state index contributed by atoms with van der Waals surface area (Å²) in [6.07, 6.45) is 4.03. The van der Waals surface area contributed by atoms with Gasteiger partial charge in [-0.1, -0.05) is 12.8 Å². The van der Waals surface area contributed by atoms with Crippen molar-refractivity contribution in [1.82, 2.24) is 4.72 Å². The van der Waals surface area contributed by atoms with Gasteiger partial charge in [0.25, 0.3) is 0 Å². The summed E-state index contributed by atoms with van der Waals surface area (Å²) in [5, 5.41) is 8.88. The Morgan fingerprint density at radius 3 is 2.57 bits per heavy atom. The molecule has 21 heavy (non-hydrogen) atoms. The molecule has 7 heteroatoms. The van der Waals surface area contributed by atoms with Crippen molar-refractivity contribution in [2.75, 3.05) is 0 Å². The van der Waals surface area contributed by atoms with Crippen LogP contribution in [-0.2, 0) is 10.0 Å². The van der Waals surface area contributed by atoms with E-state index in [2.05, 4.69) is 4.72 Å². The van der Waals surface area contributed by atoms with E-state index in [0.717, 1.165) is 43.9 Å². The van der Waals surface area contributed by atoms with Gasteiger partial charge in [0, 0.05) is 6.04 Å².